The second-order valence-electron chi connectivity index (χ2n) is 12.0. The average Bonchev–Trinajstić information content (AvgIpc) is 2.69. The summed E-state index contributed by atoms with van der Waals surface area (Å²) in [5, 5.41) is 16.5. The Balaban J connectivity index is 1.66. The molecular weight excluding hydrogens is 452 g/mol. The molecule has 4 aliphatic rings. The van der Waals surface area contributed by atoms with Crippen LogP contribution in [0.1, 0.15) is 85.0 Å². The van der Waals surface area contributed by atoms with Gasteiger partial charge in [-0.15, -0.1) is 0 Å². The molecule has 0 unspecified atom stereocenters. The van der Waals surface area contributed by atoms with Crippen LogP contribution in [0, 0.1) is 23.2 Å². The molecule has 0 spiro atoms. The van der Waals surface area contributed by atoms with Gasteiger partial charge in [-0.25, -0.2) is 9.59 Å². The monoisotopic (exact) mass is 494 g/mol. The standard InChI is InChI=1S/C25H42N4O6/c1-24(2,3)35-23(34)29-19(14-25-11-15-8-16(12-25)10-17(9-15)13-25)21(31)28-18(20(26)30)6-4-5-7-27-22(32)33/h15-19,27H,4-14H2,1-3H3,(H2,26,30)(H,28,31)(H,29,34)(H,32,33)/t15?,16?,17?,18-,19-,25?/m0/s1. The molecule has 0 aromatic heterocycles. The van der Waals surface area contributed by atoms with Crippen molar-refractivity contribution in [3.05, 3.63) is 0 Å². The Bertz CT molecular complexity index is 773. The van der Waals surface area contributed by atoms with Gasteiger partial charge in [0.1, 0.15) is 17.7 Å². The van der Waals surface area contributed by atoms with E-state index in [0.29, 0.717) is 43.4 Å². The highest BCUT2D eigenvalue weighted by Gasteiger charge is 2.52. The Hall–Kier alpha value is -2.52. The first kappa shape index (κ1) is 27.1. The number of hydrogen-bond acceptors (Lipinski definition) is 5. The first-order chi connectivity index (χ1) is 16.3. The summed E-state index contributed by atoms with van der Waals surface area (Å²) in [6.07, 6.45) is 7.13. The zero-order valence-electron chi connectivity index (χ0n) is 21.2. The molecule has 0 radical (unpaired) electrons. The molecule has 6 N–H and O–H groups in total. The fraction of sp³-hybridized carbons (Fsp3) is 0.840. The topological polar surface area (TPSA) is 160 Å². The van der Waals surface area contributed by atoms with Crippen molar-refractivity contribution in [1.29, 1.82) is 0 Å². The first-order valence-electron chi connectivity index (χ1n) is 12.9. The zero-order valence-corrected chi connectivity index (χ0v) is 21.2. The highest BCUT2D eigenvalue weighted by molar-refractivity contribution is 5.90. The normalized spacial score (nSPS) is 28.6. The Morgan fingerprint density at radius 3 is 2.03 bits per heavy atom. The first-order valence-corrected chi connectivity index (χ1v) is 12.9. The summed E-state index contributed by atoms with van der Waals surface area (Å²) in [5.41, 5.74) is 4.87. The van der Waals surface area contributed by atoms with E-state index in [9.17, 15) is 19.2 Å². The van der Waals surface area contributed by atoms with Gasteiger partial charge in [0.05, 0.1) is 0 Å². The zero-order chi connectivity index (χ0) is 25.8. The summed E-state index contributed by atoms with van der Waals surface area (Å²) in [5.74, 6) is 1.01. The van der Waals surface area contributed by atoms with Gasteiger partial charge in [-0.05, 0) is 108 Å². The third kappa shape index (κ3) is 8.00. The van der Waals surface area contributed by atoms with E-state index < -0.39 is 41.7 Å². The van der Waals surface area contributed by atoms with Gasteiger partial charge in [0.15, 0.2) is 0 Å². The second kappa shape index (κ2) is 11.0. The van der Waals surface area contributed by atoms with E-state index in [-0.39, 0.29) is 12.0 Å². The Morgan fingerprint density at radius 1 is 0.971 bits per heavy atom. The molecule has 4 bridgehead atoms. The summed E-state index contributed by atoms with van der Waals surface area (Å²) < 4.78 is 5.43. The fourth-order valence-electron chi connectivity index (χ4n) is 6.86. The molecule has 4 fully saturated rings. The quantitative estimate of drug-likeness (QED) is 0.278. The number of alkyl carbamates (subject to hydrolysis) is 1. The van der Waals surface area contributed by atoms with E-state index in [1.807, 2.05) is 0 Å². The van der Waals surface area contributed by atoms with Crippen molar-refractivity contribution in [1.82, 2.24) is 16.0 Å². The SMILES string of the molecule is CC(C)(C)OC(=O)N[C@@H](CC12CC3CC(CC(C3)C1)C2)C(=O)N[C@@H](CCCCNC(=O)O)C(N)=O. The number of primary amides is 1. The molecule has 4 amide bonds. The molecule has 0 aromatic rings. The van der Waals surface area contributed by atoms with Crippen LogP contribution in [0.15, 0.2) is 0 Å². The van der Waals surface area contributed by atoms with E-state index in [4.69, 9.17) is 15.6 Å². The van der Waals surface area contributed by atoms with Crippen molar-refractivity contribution in [2.75, 3.05) is 6.54 Å². The van der Waals surface area contributed by atoms with Crippen LogP contribution < -0.4 is 21.7 Å². The summed E-state index contributed by atoms with van der Waals surface area (Å²) in [4.78, 5) is 48.6. The van der Waals surface area contributed by atoms with Gasteiger partial charge in [-0.2, -0.15) is 0 Å². The molecular formula is C25H42N4O6. The highest BCUT2D eigenvalue weighted by Crippen LogP contribution is 2.61. The number of hydrogen-bond donors (Lipinski definition) is 5. The maximum Gasteiger partial charge on any atom is 0.408 e. The predicted octanol–water partition coefficient (Wildman–Crippen LogP) is 2.89. The minimum absolute atomic E-state index is 0.0243. The number of amides is 4. The van der Waals surface area contributed by atoms with E-state index >= 15 is 0 Å². The molecule has 198 valence electrons. The van der Waals surface area contributed by atoms with Gasteiger partial charge in [0, 0.05) is 6.54 Å². The number of ether oxygens (including phenoxy) is 1. The van der Waals surface area contributed by atoms with Crippen LogP contribution in [-0.4, -0.2) is 53.3 Å². The molecule has 4 rings (SSSR count). The van der Waals surface area contributed by atoms with Crippen LogP contribution in [0.2, 0.25) is 0 Å². The van der Waals surface area contributed by atoms with Gasteiger partial charge in [0.2, 0.25) is 11.8 Å². The van der Waals surface area contributed by atoms with Crippen molar-refractivity contribution in [3.63, 3.8) is 0 Å². The van der Waals surface area contributed by atoms with E-state index in [0.717, 1.165) is 19.3 Å². The number of carbonyl (C=O) groups excluding carboxylic acids is 3. The molecule has 0 aliphatic heterocycles. The van der Waals surface area contributed by atoms with E-state index in [2.05, 4.69) is 16.0 Å². The van der Waals surface area contributed by atoms with E-state index in [1.54, 1.807) is 20.8 Å². The predicted molar refractivity (Wildman–Crippen MR) is 129 cm³/mol. The molecule has 0 heterocycles. The molecule has 10 heteroatoms. The number of nitrogens with one attached hydrogen (secondary N) is 3. The minimum atomic E-state index is -1.11. The lowest BCUT2D eigenvalue weighted by molar-refractivity contribution is -0.130. The molecule has 0 saturated heterocycles. The second-order valence-corrected chi connectivity index (χ2v) is 12.0. The van der Waals surface area contributed by atoms with Crippen molar-refractivity contribution in [2.45, 2.75) is 103 Å². The summed E-state index contributed by atoms with van der Waals surface area (Å²) in [6.45, 7) is 5.55. The van der Waals surface area contributed by atoms with Crippen LogP contribution in [0.4, 0.5) is 9.59 Å². The van der Waals surface area contributed by atoms with Crippen molar-refractivity contribution in [2.24, 2.45) is 28.9 Å². The molecule has 10 nitrogen and oxygen atoms in total. The molecule has 35 heavy (non-hydrogen) atoms. The van der Waals surface area contributed by atoms with Gasteiger partial charge in [-0.3, -0.25) is 9.59 Å². The van der Waals surface area contributed by atoms with Crippen LogP contribution >= 0.6 is 0 Å². The maximum atomic E-state index is 13.4. The lowest BCUT2D eigenvalue weighted by Gasteiger charge is -2.57. The van der Waals surface area contributed by atoms with Crippen LogP contribution in [0.3, 0.4) is 0 Å². The summed E-state index contributed by atoms with van der Waals surface area (Å²) in [6, 6.07) is -1.72. The Labute approximate surface area is 207 Å². The lowest BCUT2D eigenvalue weighted by atomic mass is 9.48. The Morgan fingerprint density at radius 2 is 1.54 bits per heavy atom. The van der Waals surface area contributed by atoms with Gasteiger partial charge < -0.3 is 31.5 Å². The number of nitrogens with two attached hydrogens (primary N) is 1. The molecule has 4 saturated carbocycles. The van der Waals surface area contributed by atoms with Crippen molar-refractivity contribution >= 4 is 24.0 Å². The van der Waals surface area contributed by atoms with Crippen LogP contribution in [-0.2, 0) is 14.3 Å². The smallest absolute Gasteiger partial charge is 0.408 e. The van der Waals surface area contributed by atoms with Gasteiger partial charge in [0.25, 0.3) is 0 Å². The third-order valence-corrected chi connectivity index (χ3v) is 7.67. The number of carbonyl (C=O) groups is 4. The average molecular weight is 495 g/mol. The molecule has 4 aliphatic carbocycles. The number of unbranched alkanes of at least 4 members (excludes halogenated alkanes) is 1. The van der Waals surface area contributed by atoms with E-state index in [1.165, 1.54) is 19.3 Å². The fourth-order valence-corrected chi connectivity index (χ4v) is 6.86. The maximum absolute atomic E-state index is 13.4. The minimum Gasteiger partial charge on any atom is -0.465 e. The van der Waals surface area contributed by atoms with Crippen LogP contribution in [0.25, 0.3) is 0 Å². The van der Waals surface area contributed by atoms with Crippen molar-refractivity contribution < 1.29 is 29.0 Å². The lowest BCUT2D eigenvalue weighted by Crippen LogP contribution is -2.56. The summed E-state index contributed by atoms with van der Waals surface area (Å²) in [7, 11) is 0. The molecule has 0 aromatic carbocycles. The number of carboxylic acid groups (broad SMARTS) is 1. The van der Waals surface area contributed by atoms with Crippen LogP contribution in [0.5, 0.6) is 0 Å². The largest absolute Gasteiger partial charge is 0.465 e. The van der Waals surface area contributed by atoms with Gasteiger partial charge in [-0.1, -0.05) is 0 Å². The number of rotatable bonds is 11. The molecule has 2 atom stereocenters. The Kier molecular flexibility index (Phi) is 8.54. The third-order valence-electron chi connectivity index (χ3n) is 7.67. The summed E-state index contributed by atoms with van der Waals surface area (Å²) >= 11 is 0. The van der Waals surface area contributed by atoms with Crippen molar-refractivity contribution in [3.8, 4) is 0 Å². The van der Waals surface area contributed by atoms with Gasteiger partial charge >= 0.3 is 12.2 Å². The highest BCUT2D eigenvalue weighted by atomic mass is 16.6.